The van der Waals surface area contributed by atoms with Crippen LogP contribution in [0.1, 0.15) is 24.8 Å². The van der Waals surface area contributed by atoms with E-state index in [4.69, 9.17) is 23.2 Å². The molecule has 0 saturated carbocycles. The summed E-state index contributed by atoms with van der Waals surface area (Å²) in [6.07, 6.45) is 3.32. The van der Waals surface area contributed by atoms with Gasteiger partial charge in [0.1, 0.15) is 5.78 Å². The first kappa shape index (κ1) is 13.9. The van der Waals surface area contributed by atoms with Gasteiger partial charge in [-0.3, -0.25) is 4.79 Å². The summed E-state index contributed by atoms with van der Waals surface area (Å²) in [5, 5.41) is 4.57. The number of piperidine rings is 1. The van der Waals surface area contributed by atoms with E-state index in [1.807, 2.05) is 0 Å². The number of carbonyl (C=O) groups is 1. The van der Waals surface area contributed by atoms with Crippen LogP contribution in [0.25, 0.3) is 0 Å². The summed E-state index contributed by atoms with van der Waals surface area (Å²) in [5.74, 6) is 0.720. The van der Waals surface area contributed by atoms with Crippen molar-refractivity contribution in [1.82, 2.24) is 5.32 Å². The molecule has 1 heterocycles. The van der Waals surface area contributed by atoms with E-state index < -0.39 is 0 Å². The predicted octanol–water partition coefficient (Wildman–Crippen LogP) is 3.49. The lowest BCUT2D eigenvalue weighted by atomic mass is 9.92. The topological polar surface area (TPSA) is 29.1 Å². The van der Waals surface area contributed by atoms with Crippen molar-refractivity contribution in [2.24, 2.45) is 5.92 Å². The molecule has 1 fully saturated rings. The van der Waals surface area contributed by atoms with Crippen LogP contribution in [-0.4, -0.2) is 18.9 Å². The highest BCUT2D eigenvalue weighted by molar-refractivity contribution is 6.33. The molecular formula is C14H17Cl2NO. The lowest BCUT2D eigenvalue weighted by molar-refractivity contribution is -0.119. The molecule has 1 aliphatic heterocycles. The van der Waals surface area contributed by atoms with Crippen LogP contribution in [0.5, 0.6) is 0 Å². The van der Waals surface area contributed by atoms with Crippen LogP contribution < -0.4 is 5.32 Å². The Kier molecular flexibility index (Phi) is 5.04. The van der Waals surface area contributed by atoms with Crippen molar-refractivity contribution in [2.45, 2.75) is 25.7 Å². The monoisotopic (exact) mass is 285 g/mol. The highest BCUT2D eigenvalue weighted by atomic mass is 35.5. The van der Waals surface area contributed by atoms with Gasteiger partial charge in [-0.1, -0.05) is 23.2 Å². The second-order valence-electron chi connectivity index (χ2n) is 4.87. The third kappa shape index (κ3) is 3.98. The summed E-state index contributed by atoms with van der Waals surface area (Å²) in [6, 6.07) is 5.26. The standard InChI is InChI=1S/C14H17Cl2NO/c15-12-3-4-14(16)11(7-12)8-13(18)6-10-2-1-5-17-9-10/h3-4,7,10,17H,1-2,5-6,8-9H2. The molecule has 2 nitrogen and oxygen atoms in total. The average molecular weight is 286 g/mol. The Balaban J connectivity index is 1.92. The molecule has 0 aromatic heterocycles. The normalized spacial score (nSPS) is 19.8. The number of ketones is 1. The van der Waals surface area contributed by atoms with Gasteiger partial charge in [-0.05, 0) is 55.6 Å². The minimum Gasteiger partial charge on any atom is -0.316 e. The molecular weight excluding hydrogens is 269 g/mol. The van der Waals surface area contributed by atoms with Crippen molar-refractivity contribution in [3.05, 3.63) is 33.8 Å². The molecule has 0 amide bonds. The Morgan fingerprint density at radius 1 is 1.39 bits per heavy atom. The van der Waals surface area contributed by atoms with Crippen LogP contribution in [0.3, 0.4) is 0 Å². The quantitative estimate of drug-likeness (QED) is 0.918. The van der Waals surface area contributed by atoms with Crippen LogP contribution >= 0.6 is 23.2 Å². The maximum atomic E-state index is 12.0. The van der Waals surface area contributed by atoms with Gasteiger partial charge in [0, 0.05) is 22.9 Å². The SMILES string of the molecule is O=C(Cc1cc(Cl)ccc1Cl)CC1CCCNC1. The molecule has 1 atom stereocenters. The first-order valence-corrected chi connectivity index (χ1v) is 7.07. The van der Waals surface area contributed by atoms with E-state index in [1.165, 1.54) is 0 Å². The van der Waals surface area contributed by atoms with E-state index in [-0.39, 0.29) is 5.78 Å². The molecule has 1 N–H and O–H groups in total. The van der Waals surface area contributed by atoms with Crippen molar-refractivity contribution in [3.63, 3.8) is 0 Å². The van der Waals surface area contributed by atoms with Crippen LogP contribution in [0.15, 0.2) is 18.2 Å². The van der Waals surface area contributed by atoms with Gasteiger partial charge in [0.2, 0.25) is 0 Å². The van der Waals surface area contributed by atoms with Crippen molar-refractivity contribution >= 4 is 29.0 Å². The molecule has 0 radical (unpaired) electrons. The molecule has 4 heteroatoms. The molecule has 0 spiro atoms. The number of benzene rings is 1. The zero-order valence-electron chi connectivity index (χ0n) is 10.2. The summed E-state index contributed by atoms with van der Waals surface area (Å²) < 4.78 is 0. The highest BCUT2D eigenvalue weighted by Crippen LogP contribution is 2.23. The zero-order chi connectivity index (χ0) is 13.0. The average Bonchev–Trinajstić information content (AvgIpc) is 2.35. The summed E-state index contributed by atoms with van der Waals surface area (Å²) in [4.78, 5) is 12.0. The van der Waals surface area contributed by atoms with Gasteiger partial charge in [-0.25, -0.2) is 0 Å². The Morgan fingerprint density at radius 2 is 2.22 bits per heavy atom. The zero-order valence-corrected chi connectivity index (χ0v) is 11.7. The first-order chi connectivity index (χ1) is 8.65. The molecule has 1 unspecified atom stereocenters. The van der Waals surface area contributed by atoms with Gasteiger partial charge < -0.3 is 5.32 Å². The number of halogens is 2. The number of nitrogens with one attached hydrogen (secondary N) is 1. The molecule has 1 saturated heterocycles. The number of rotatable bonds is 4. The number of carbonyl (C=O) groups excluding carboxylic acids is 1. The third-order valence-electron chi connectivity index (χ3n) is 3.31. The van der Waals surface area contributed by atoms with Crippen molar-refractivity contribution in [1.29, 1.82) is 0 Å². The Hall–Kier alpha value is -0.570. The summed E-state index contributed by atoms with van der Waals surface area (Å²) in [7, 11) is 0. The Labute approximate surface area is 118 Å². The second-order valence-corrected chi connectivity index (χ2v) is 5.71. The fourth-order valence-corrected chi connectivity index (χ4v) is 2.76. The summed E-state index contributed by atoms with van der Waals surface area (Å²) >= 11 is 12.0. The first-order valence-electron chi connectivity index (χ1n) is 6.31. The summed E-state index contributed by atoms with van der Waals surface area (Å²) in [6.45, 7) is 2.03. The van der Waals surface area contributed by atoms with E-state index >= 15 is 0 Å². The van der Waals surface area contributed by atoms with E-state index in [0.717, 1.165) is 31.5 Å². The minimum atomic E-state index is 0.243. The fourth-order valence-electron chi connectivity index (χ4n) is 2.38. The van der Waals surface area contributed by atoms with E-state index in [0.29, 0.717) is 28.8 Å². The number of hydrogen-bond acceptors (Lipinski definition) is 2. The molecule has 1 aromatic rings. The van der Waals surface area contributed by atoms with Crippen molar-refractivity contribution in [3.8, 4) is 0 Å². The van der Waals surface area contributed by atoms with Crippen molar-refractivity contribution in [2.75, 3.05) is 13.1 Å². The third-order valence-corrected chi connectivity index (χ3v) is 3.91. The van der Waals surface area contributed by atoms with Gasteiger partial charge >= 0.3 is 0 Å². The van der Waals surface area contributed by atoms with Crippen LogP contribution in [0, 0.1) is 5.92 Å². The predicted molar refractivity (Wildman–Crippen MR) is 75.4 cm³/mol. The van der Waals surface area contributed by atoms with Crippen molar-refractivity contribution < 1.29 is 4.79 Å². The van der Waals surface area contributed by atoms with E-state index in [1.54, 1.807) is 18.2 Å². The fraction of sp³-hybridized carbons (Fsp3) is 0.500. The van der Waals surface area contributed by atoms with Gasteiger partial charge in [0.25, 0.3) is 0 Å². The molecule has 98 valence electrons. The van der Waals surface area contributed by atoms with Gasteiger partial charge in [0.05, 0.1) is 0 Å². The number of hydrogen-bond donors (Lipinski definition) is 1. The maximum Gasteiger partial charge on any atom is 0.137 e. The van der Waals surface area contributed by atoms with Crippen LogP contribution in [0.2, 0.25) is 10.0 Å². The van der Waals surface area contributed by atoms with E-state index in [9.17, 15) is 4.79 Å². The lowest BCUT2D eigenvalue weighted by Crippen LogP contribution is -2.31. The molecule has 1 aromatic carbocycles. The molecule has 1 aliphatic rings. The maximum absolute atomic E-state index is 12.0. The van der Waals surface area contributed by atoms with Gasteiger partial charge in [0.15, 0.2) is 0 Å². The van der Waals surface area contributed by atoms with Crippen LogP contribution in [-0.2, 0) is 11.2 Å². The second kappa shape index (κ2) is 6.55. The number of Topliss-reactive ketones (excluding diaryl/α,β-unsaturated/α-hetero) is 1. The molecule has 0 bridgehead atoms. The minimum absolute atomic E-state index is 0.243. The Bertz CT molecular complexity index is 428. The smallest absolute Gasteiger partial charge is 0.137 e. The van der Waals surface area contributed by atoms with Gasteiger partial charge in [-0.15, -0.1) is 0 Å². The Morgan fingerprint density at radius 3 is 2.94 bits per heavy atom. The lowest BCUT2D eigenvalue weighted by Gasteiger charge is -2.22. The van der Waals surface area contributed by atoms with Gasteiger partial charge in [-0.2, -0.15) is 0 Å². The van der Waals surface area contributed by atoms with E-state index in [2.05, 4.69) is 5.32 Å². The van der Waals surface area contributed by atoms with Crippen LogP contribution in [0.4, 0.5) is 0 Å². The highest BCUT2D eigenvalue weighted by Gasteiger charge is 2.17. The largest absolute Gasteiger partial charge is 0.316 e. The summed E-state index contributed by atoms with van der Waals surface area (Å²) in [5.41, 5.74) is 0.831. The molecule has 2 rings (SSSR count). The molecule has 18 heavy (non-hydrogen) atoms. The molecule has 0 aliphatic carbocycles.